The van der Waals surface area contributed by atoms with Crippen molar-refractivity contribution in [1.29, 1.82) is 0 Å². The molecule has 0 fully saturated rings. The first-order valence-electron chi connectivity index (χ1n) is 7.78. The molecule has 0 radical (unpaired) electrons. The van der Waals surface area contributed by atoms with Crippen molar-refractivity contribution >= 4 is 39.7 Å². The molecule has 9 nitrogen and oxygen atoms in total. The molecule has 1 amide bonds. The molecule has 2 aromatic rings. The van der Waals surface area contributed by atoms with Crippen molar-refractivity contribution in [3.05, 3.63) is 41.2 Å². The number of nitrogens with one attached hydrogen (secondary N) is 1. The third-order valence-corrected chi connectivity index (χ3v) is 5.08. The molecule has 134 valence electrons. The van der Waals surface area contributed by atoms with Gasteiger partial charge < -0.3 is 14.6 Å². The van der Waals surface area contributed by atoms with Crippen LogP contribution in [0.5, 0.6) is 0 Å². The van der Waals surface area contributed by atoms with Crippen LogP contribution in [-0.2, 0) is 10.0 Å². The average Bonchev–Trinajstić information content (AvgIpc) is 3.17. The second kappa shape index (κ2) is 5.78. The smallest absolute Gasteiger partial charge is 0.260 e. The summed E-state index contributed by atoms with van der Waals surface area (Å²) < 4.78 is 28.2. The number of aryl methyl sites for hydroxylation is 1. The molecule has 3 N–H and O–H groups in total. The monoisotopic (exact) mass is 373 g/mol. The standard InChI is InChI=1S/C16H15N5O4S/c1-9-12(13-14-18-6-7-21(14)8-19-16(13)25-9)15(22)20-10-2-4-11(5-3-10)26(17,23)24/h2-5,8H,6-7H2,1H3,(H,20,22)(H2,17,23,24). The number of carbonyl (C=O) groups is 1. The quantitative estimate of drug-likeness (QED) is 0.835. The van der Waals surface area contributed by atoms with Gasteiger partial charge in [0.15, 0.2) is 0 Å². The highest BCUT2D eigenvalue weighted by molar-refractivity contribution is 7.89. The molecular weight excluding hydrogens is 358 g/mol. The topological polar surface area (TPSA) is 130 Å². The van der Waals surface area contributed by atoms with Crippen molar-refractivity contribution in [3.63, 3.8) is 0 Å². The molecule has 10 heteroatoms. The third kappa shape index (κ3) is 2.68. The zero-order valence-corrected chi connectivity index (χ0v) is 14.6. The Balaban J connectivity index is 1.66. The largest absolute Gasteiger partial charge is 0.442 e. The number of benzene rings is 1. The minimum absolute atomic E-state index is 0.0299. The maximum atomic E-state index is 12.8. The fourth-order valence-corrected chi connectivity index (χ4v) is 3.46. The lowest BCUT2D eigenvalue weighted by atomic mass is 10.1. The molecule has 3 heterocycles. The number of aliphatic imine (C=N–C) groups is 2. The van der Waals surface area contributed by atoms with Gasteiger partial charge in [-0.1, -0.05) is 0 Å². The molecule has 4 rings (SSSR count). The summed E-state index contributed by atoms with van der Waals surface area (Å²) in [4.78, 5) is 23.3. The van der Waals surface area contributed by atoms with Gasteiger partial charge in [0.1, 0.15) is 17.9 Å². The first-order valence-corrected chi connectivity index (χ1v) is 9.32. The van der Waals surface area contributed by atoms with Crippen LogP contribution in [0, 0.1) is 6.92 Å². The molecule has 0 unspecified atom stereocenters. The Hall–Kier alpha value is -2.98. The highest BCUT2D eigenvalue weighted by Gasteiger charge is 2.33. The molecule has 0 atom stereocenters. The average molecular weight is 373 g/mol. The van der Waals surface area contributed by atoms with E-state index < -0.39 is 10.0 Å². The predicted molar refractivity (Wildman–Crippen MR) is 95.5 cm³/mol. The van der Waals surface area contributed by atoms with Crippen molar-refractivity contribution < 1.29 is 17.6 Å². The predicted octanol–water partition coefficient (Wildman–Crippen LogP) is 1.22. The van der Waals surface area contributed by atoms with Crippen LogP contribution in [0.3, 0.4) is 0 Å². The first-order chi connectivity index (χ1) is 12.3. The summed E-state index contributed by atoms with van der Waals surface area (Å²) in [6, 6.07) is 5.60. The molecule has 0 saturated heterocycles. The van der Waals surface area contributed by atoms with Crippen molar-refractivity contribution in [1.82, 2.24) is 4.90 Å². The summed E-state index contributed by atoms with van der Waals surface area (Å²) in [5.74, 6) is 1.07. The summed E-state index contributed by atoms with van der Waals surface area (Å²) >= 11 is 0. The maximum Gasteiger partial charge on any atom is 0.260 e. The maximum absolute atomic E-state index is 12.8. The third-order valence-electron chi connectivity index (χ3n) is 4.15. The van der Waals surface area contributed by atoms with E-state index in [9.17, 15) is 13.2 Å². The number of furan rings is 1. The minimum Gasteiger partial charge on any atom is -0.442 e. The van der Waals surface area contributed by atoms with E-state index in [1.807, 2.05) is 4.90 Å². The van der Waals surface area contributed by atoms with Crippen molar-refractivity contribution in [2.24, 2.45) is 15.1 Å². The van der Waals surface area contributed by atoms with Crippen LogP contribution in [0.2, 0.25) is 0 Å². The molecule has 1 aromatic carbocycles. The van der Waals surface area contributed by atoms with Gasteiger partial charge in [-0.3, -0.25) is 9.79 Å². The van der Waals surface area contributed by atoms with Gasteiger partial charge in [0.05, 0.1) is 22.6 Å². The van der Waals surface area contributed by atoms with Crippen LogP contribution < -0.4 is 10.5 Å². The molecular formula is C16H15N5O4S. The Bertz CT molecular complexity index is 1070. The van der Waals surface area contributed by atoms with Gasteiger partial charge in [-0.2, -0.15) is 0 Å². The number of primary sulfonamides is 1. The lowest BCUT2D eigenvalue weighted by Crippen LogP contribution is -2.30. The van der Waals surface area contributed by atoms with Gasteiger partial charge in [-0.15, -0.1) is 0 Å². The molecule has 0 bridgehead atoms. The van der Waals surface area contributed by atoms with Crippen LogP contribution in [0.1, 0.15) is 21.7 Å². The number of nitrogens with zero attached hydrogens (tertiary/aromatic N) is 3. The summed E-state index contributed by atoms with van der Waals surface area (Å²) in [6.07, 6.45) is 1.64. The lowest BCUT2D eigenvalue weighted by Gasteiger charge is -2.18. The van der Waals surface area contributed by atoms with E-state index in [0.717, 1.165) is 0 Å². The number of carbonyl (C=O) groups excluding carboxylic acids is 1. The van der Waals surface area contributed by atoms with Gasteiger partial charge in [0.25, 0.3) is 5.91 Å². The second-order valence-corrected chi connectivity index (χ2v) is 7.44. The summed E-state index contributed by atoms with van der Waals surface area (Å²) in [5, 5.41) is 7.81. The Morgan fingerprint density at radius 2 is 2.04 bits per heavy atom. The van der Waals surface area contributed by atoms with E-state index in [2.05, 4.69) is 15.3 Å². The van der Waals surface area contributed by atoms with E-state index in [-0.39, 0.29) is 10.8 Å². The van der Waals surface area contributed by atoms with Crippen LogP contribution >= 0.6 is 0 Å². The molecule has 0 spiro atoms. The highest BCUT2D eigenvalue weighted by Crippen LogP contribution is 2.34. The Labute approximate surface area is 149 Å². The number of rotatable bonds is 3. The Morgan fingerprint density at radius 3 is 2.73 bits per heavy atom. The molecule has 1 aromatic heterocycles. The zero-order valence-electron chi connectivity index (χ0n) is 13.8. The number of hydrogen-bond donors (Lipinski definition) is 2. The van der Waals surface area contributed by atoms with Crippen molar-refractivity contribution in [2.45, 2.75) is 11.8 Å². The zero-order chi connectivity index (χ0) is 18.5. The number of fused-ring (bicyclic) bond motifs is 3. The fourth-order valence-electron chi connectivity index (χ4n) is 2.94. The summed E-state index contributed by atoms with van der Waals surface area (Å²) in [5.41, 5.74) is 1.36. The Morgan fingerprint density at radius 1 is 1.31 bits per heavy atom. The number of hydrogen-bond acceptors (Lipinski definition) is 7. The number of anilines is 1. The number of sulfonamides is 1. The van der Waals surface area contributed by atoms with Gasteiger partial charge in [0, 0.05) is 12.2 Å². The summed E-state index contributed by atoms with van der Waals surface area (Å²) in [7, 11) is -3.78. The van der Waals surface area contributed by atoms with E-state index >= 15 is 0 Å². The molecule has 0 saturated carbocycles. The van der Waals surface area contributed by atoms with Crippen molar-refractivity contribution in [2.75, 3.05) is 18.4 Å². The van der Waals surface area contributed by atoms with E-state index in [0.29, 0.717) is 47.4 Å². The van der Waals surface area contributed by atoms with Crippen molar-refractivity contribution in [3.8, 4) is 0 Å². The Kier molecular flexibility index (Phi) is 3.67. The number of amidine groups is 1. The minimum atomic E-state index is -3.78. The lowest BCUT2D eigenvalue weighted by molar-refractivity contribution is 0.102. The van der Waals surface area contributed by atoms with E-state index in [4.69, 9.17) is 9.56 Å². The van der Waals surface area contributed by atoms with Gasteiger partial charge in [-0.25, -0.2) is 18.5 Å². The van der Waals surface area contributed by atoms with E-state index in [1.54, 1.807) is 13.3 Å². The summed E-state index contributed by atoms with van der Waals surface area (Å²) in [6.45, 7) is 3.02. The first kappa shape index (κ1) is 16.5. The van der Waals surface area contributed by atoms with E-state index in [1.165, 1.54) is 24.3 Å². The SMILES string of the molecule is Cc1oc2c(c1C(=O)Nc1ccc(S(N)(=O)=O)cc1)C1=NCCN1C=N2. The van der Waals surface area contributed by atoms with Gasteiger partial charge in [-0.05, 0) is 31.2 Å². The molecule has 0 aliphatic carbocycles. The fraction of sp³-hybridized carbons (Fsp3) is 0.188. The number of amides is 1. The molecule has 2 aliphatic heterocycles. The van der Waals surface area contributed by atoms with Crippen LogP contribution in [0.25, 0.3) is 0 Å². The van der Waals surface area contributed by atoms with Crippen LogP contribution in [0.15, 0.2) is 43.6 Å². The van der Waals surface area contributed by atoms with Crippen LogP contribution in [-0.4, -0.2) is 44.5 Å². The normalized spacial score (nSPS) is 15.5. The molecule has 2 aliphatic rings. The second-order valence-electron chi connectivity index (χ2n) is 5.88. The van der Waals surface area contributed by atoms with Crippen LogP contribution in [0.4, 0.5) is 11.6 Å². The van der Waals surface area contributed by atoms with Gasteiger partial charge >= 0.3 is 0 Å². The van der Waals surface area contributed by atoms with Gasteiger partial charge in [0.2, 0.25) is 15.9 Å². The highest BCUT2D eigenvalue weighted by atomic mass is 32.2. The molecule has 26 heavy (non-hydrogen) atoms. The number of nitrogens with two attached hydrogens (primary N) is 1.